The number of hydrogen-bond donors (Lipinski definition) is 1. The van der Waals surface area contributed by atoms with Crippen molar-refractivity contribution in [3.63, 3.8) is 0 Å². The van der Waals surface area contributed by atoms with Crippen molar-refractivity contribution in [2.24, 2.45) is 0 Å². The summed E-state index contributed by atoms with van der Waals surface area (Å²) in [5, 5.41) is 11.7. The second-order valence-corrected chi connectivity index (χ2v) is 8.95. The lowest BCUT2D eigenvalue weighted by Gasteiger charge is -2.27. The zero-order valence-corrected chi connectivity index (χ0v) is 20.7. The molecule has 6 nitrogen and oxygen atoms in total. The number of aliphatic hydroxyl groups is 1. The van der Waals surface area contributed by atoms with Crippen molar-refractivity contribution in [1.82, 2.24) is 0 Å². The molecule has 0 spiro atoms. The molecule has 3 aromatic rings. The van der Waals surface area contributed by atoms with Gasteiger partial charge in [0.15, 0.2) is 0 Å². The number of Topliss-reactive ketones (excluding diaryl/α,β-unsaturated/α-hetero) is 1. The minimum atomic E-state index is -0.852. The SMILES string of the molecule is COc1ccc(N2C(=O)C(=O)/C(=C(/O)c3cccc(OC(C)C)c3)C2c2ccccc2C)cc1Cl. The third-order valence-corrected chi connectivity index (χ3v) is 6.12. The summed E-state index contributed by atoms with van der Waals surface area (Å²) in [6.45, 7) is 5.69. The Kier molecular flexibility index (Phi) is 6.85. The Morgan fingerprint density at radius 2 is 1.77 bits per heavy atom. The van der Waals surface area contributed by atoms with Gasteiger partial charge in [-0.3, -0.25) is 14.5 Å². The van der Waals surface area contributed by atoms with Gasteiger partial charge in [0.05, 0.1) is 29.9 Å². The number of anilines is 1. The highest BCUT2D eigenvalue weighted by Crippen LogP contribution is 2.44. The van der Waals surface area contributed by atoms with Crippen LogP contribution in [-0.2, 0) is 9.59 Å². The lowest BCUT2D eigenvalue weighted by molar-refractivity contribution is -0.132. The largest absolute Gasteiger partial charge is 0.507 e. The minimum absolute atomic E-state index is 0.00191. The topological polar surface area (TPSA) is 76.1 Å². The molecule has 0 radical (unpaired) electrons. The van der Waals surface area contributed by atoms with E-state index in [1.54, 1.807) is 42.5 Å². The van der Waals surface area contributed by atoms with E-state index in [1.807, 2.05) is 45.0 Å². The summed E-state index contributed by atoms with van der Waals surface area (Å²) >= 11 is 6.35. The monoisotopic (exact) mass is 491 g/mol. The van der Waals surface area contributed by atoms with Gasteiger partial charge in [-0.2, -0.15) is 0 Å². The maximum atomic E-state index is 13.4. The van der Waals surface area contributed by atoms with E-state index in [-0.39, 0.29) is 17.4 Å². The molecule has 35 heavy (non-hydrogen) atoms. The van der Waals surface area contributed by atoms with Gasteiger partial charge in [-0.1, -0.05) is 48.0 Å². The Labute approximate surface area is 209 Å². The number of carbonyl (C=O) groups excluding carboxylic acids is 2. The molecule has 1 amide bonds. The molecule has 1 fully saturated rings. The van der Waals surface area contributed by atoms with Gasteiger partial charge in [0.2, 0.25) is 0 Å². The highest BCUT2D eigenvalue weighted by molar-refractivity contribution is 6.52. The number of nitrogens with zero attached hydrogens (tertiary/aromatic N) is 1. The molecule has 180 valence electrons. The van der Waals surface area contributed by atoms with Crippen LogP contribution in [0.5, 0.6) is 11.5 Å². The average Bonchev–Trinajstić information content (AvgIpc) is 3.09. The molecular formula is C28H26ClNO5. The molecule has 1 aliphatic heterocycles. The predicted octanol–water partition coefficient (Wildman–Crippen LogP) is 6.07. The van der Waals surface area contributed by atoms with E-state index in [1.165, 1.54) is 12.0 Å². The molecule has 0 aliphatic carbocycles. The third-order valence-electron chi connectivity index (χ3n) is 5.82. The maximum Gasteiger partial charge on any atom is 0.300 e. The molecule has 7 heteroatoms. The van der Waals surface area contributed by atoms with Crippen molar-refractivity contribution in [1.29, 1.82) is 0 Å². The summed E-state index contributed by atoms with van der Waals surface area (Å²) in [4.78, 5) is 28.1. The lowest BCUT2D eigenvalue weighted by Crippen LogP contribution is -2.29. The molecule has 0 saturated carbocycles. The Morgan fingerprint density at radius 1 is 1.03 bits per heavy atom. The van der Waals surface area contributed by atoms with Crippen LogP contribution in [0.25, 0.3) is 5.76 Å². The van der Waals surface area contributed by atoms with Gasteiger partial charge < -0.3 is 14.6 Å². The lowest BCUT2D eigenvalue weighted by atomic mass is 9.92. The number of rotatable bonds is 6. The first kappa shape index (κ1) is 24.4. The van der Waals surface area contributed by atoms with E-state index < -0.39 is 17.7 Å². The number of ketones is 1. The van der Waals surface area contributed by atoms with Gasteiger partial charge in [0.25, 0.3) is 11.7 Å². The fourth-order valence-corrected chi connectivity index (χ4v) is 4.49. The molecule has 1 N–H and O–H groups in total. The molecule has 1 heterocycles. The summed E-state index contributed by atoms with van der Waals surface area (Å²) in [7, 11) is 1.50. The third kappa shape index (κ3) is 4.62. The fourth-order valence-electron chi connectivity index (χ4n) is 4.24. The number of benzene rings is 3. The van der Waals surface area contributed by atoms with Crippen molar-refractivity contribution >= 4 is 34.7 Å². The number of halogens is 1. The van der Waals surface area contributed by atoms with Crippen LogP contribution >= 0.6 is 11.6 Å². The number of carbonyl (C=O) groups is 2. The standard InChI is InChI=1S/C28H26ClNO5/c1-16(2)35-20-10-7-9-18(14-20)26(31)24-25(21-11-6-5-8-17(21)3)30(28(33)27(24)32)19-12-13-23(34-4)22(29)15-19/h5-16,25,31H,1-4H3/b26-24+. The Balaban J connectivity index is 1.93. The van der Waals surface area contributed by atoms with E-state index in [4.69, 9.17) is 21.1 Å². The average molecular weight is 492 g/mol. The van der Waals surface area contributed by atoms with E-state index >= 15 is 0 Å². The van der Waals surface area contributed by atoms with Crippen LogP contribution in [0, 0.1) is 6.92 Å². The quantitative estimate of drug-likeness (QED) is 0.257. The van der Waals surface area contributed by atoms with Crippen LogP contribution in [0.3, 0.4) is 0 Å². The van der Waals surface area contributed by atoms with Crippen LogP contribution < -0.4 is 14.4 Å². The molecule has 1 unspecified atom stereocenters. The summed E-state index contributed by atoms with van der Waals surface area (Å²) < 4.78 is 11.0. The Hall–Kier alpha value is -3.77. The van der Waals surface area contributed by atoms with Crippen molar-refractivity contribution in [2.45, 2.75) is 32.9 Å². The van der Waals surface area contributed by atoms with Crippen LogP contribution in [0.2, 0.25) is 5.02 Å². The van der Waals surface area contributed by atoms with E-state index in [2.05, 4.69) is 0 Å². The number of aliphatic hydroxyl groups excluding tert-OH is 1. The van der Waals surface area contributed by atoms with E-state index in [0.29, 0.717) is 27.8 Å². The number of aryl methyl sites for hydroxylation is 1. The highest BCUT2D eigenvalue weighted by atomic mass is 35.5. The molecule has 0 bridgehead atoms. The van der Waals surface area contributed by atoms with Crippen molar-refractivity contribution in [2.75, 3.05) is 12.0 Å². The summed E-state index contributed by atoms with van der Waals surface area (Å²) in [5.41, 5.74) is 2.38. The zero-order chi connectivity index (χ0) is 25.3. The number of methoxy groups -OCH3 is 1. The molecule has 1 aliphatic rings. The normalized spacial score (nSPS) is 17.2. The predicted molar refractivity (Wildman–Crippen MR) is 136 cm³/mol. The van der Waals surface area contributed by atoms with Gasteiger partial charge >= 0.3 is 0 Å². The Bertz CT molecular complexity index is 1330. The van der Waals surface area contributed by atoms with Crippen LogP contribution in [0.15, 0.2) is 72.3 Å². The van der Waals surface area contributed by atoms with E-state index in [9.17, 15) is 14.7 Å². The first-order valence-electron chi connectivity index (χ1n) is 11.2. The molecule has 1 atom stereocenters. The van der Waals surface area contributed by atoms with Gasteiger partial charge in [0.1, 0.15) is 17.3 Å². The molecule has 4 rings (SSSR count). The Morgan fingerprint density at radius 3 is 2.43 bits per heavy atom. The highest BCUT2D eigenvalue weighted by Gasteiger charge is 2.47. The minimum Gasteiger partial charge on any atom is -0.507 e. The smallest absolute Gasteiger partial charge is 0.300 e. The van der Waals surface area contributed by atoms with Gasteiger partial charge in [-0.15, -0.1) is 0 Å². The summed E-state index contributed by atoms with van der Waals surface area (Å²) in [5.74, 6) is -0.810. The summed E-state index contributed by atoms with van der Waals surface area (Å²) in [6, 6.07) is 18.3. The second kappa shape index (κ2) is 9.84. The molecular weight excluding hydrogens is 466 g/mol. The number of amides is 1. The fraction of sp³-hybridized carbons (Fsp3) is 0.214. The summed E-state index contributed by atoms with van der Waals surface area (Å²) in [6.07, 6.45) is -0.0650. The second-order valence-electron chi connectivity index (χ2n) is 8.54. The van der Waals surface area contributed by atoms with Crippen LogP contribution in [0.1, 0.15) is 36.6 Å². The zero-order valence-electron chi connectivity index (χ0n) is 19.9. The van der Waals surface area contributed by atoms with Crippen LogP contribution in [0.4, 0.5) is 5.69 Å². The van der Waals surface area contributed by atoms with Crippen molar-refractivity contribution in [3.05, 3.63) is 94.0 Å². The molecule has 0 aromatic heterocycles. The van der Waals surface area contributed by atoms with E-state index in [0.717, 1.165) is 11.1 Å². The number of ether oxygens (including phenoxy) is 2. The first-order valence-corrected chi connectivity index (χ1v) is 11.6. The van der Waals surface area contributed by atoms with Crippen molar-refractivity contribution in [3.8, 4) is 11.5 Å². The molecule has 3 aromatic carbocycles. The van der Waals surface area contributed by atoms with Gasteiger partial charge in [-0.05, 0) is 62.2 Å². The number of hydrogen-bond acceptors (Lipinski definition) is 5. The maximum absolute atomic E-state index is 13.4. The van der Waals surface area contributed by atoms with Crippen molar-refractivity contribution < 1.29 is 24.2 Å². The van der Waals surface area contributed by atoms with Crippen LogP contribution in [-0.4, -0.2) is 30.0 Å². The van der Waals surface area contributed by atoms with Gasteiger partial charge in [-0.25, -0.2) is 0 Å². The molecule has 1 saturated heterocycles. The first-order chi connectivity index (χ1) is 16.7. The van der Waals surface area contributed by atoms with Gasteiger partial charge in [0, 0.05) is 11.3 Å².